The van der Waals surface area contributed by atoms with Gasteiger partial charge in [0.05, 0.1) is 42.7 Å². The van der Waals surface area contributed by atoms with E-state index in [9.17, 15) is 0 Å². The first-order chi connectivity index (χ1) is 6.69. The van der Waals surface area contributed by atoms with Crippen molar-refractivity contribution in [1.82, 2.24) is 0 Å². The second-order valence-electron chi connectivity index (χ2n) is 1.72. The molecule has 112 valence electrons. The molecule has 9 heteroatoms. The van der Waals surface area contributed by atoms with Crippen LogP contribution in [-0.2, 0) is 48.2 Å². The Morgan fingerprint density at radius 2 is 0.588 bits per heavy atom. The summed E-state index contributed by atoms with van der Waals surface area (Å²) in [4.78, 5) is 0. The van der Waals surface area contributed by atoms with Crippen molar-refractivity contribution in [2.75, 3.05) is 42.7 Å². The minimum absolute atomic E-state index is 0. The van der Waals surface area contributed by atoms with E-state index in [1.54, 1.807) is 42.7 Å². The molecule has 0 heterocycles. The maximum atomic E-state index is 4.71. The van der Waals surface area contributed by atoms with Crippen LogP contribution in [0.15, 0.2) is 0 Å². The topological polar surface area (TPSA) is 55.4 Å². The average molecular weight is 475 g/mol. The molecule has 6 nitrogen and oxygen atoms in total. The maximum Gasteiger partial charge on any atom is 2.00 e. The first-order valence-electron chi connectivity index (χ1n) is 3.67. The zero-order valence-electron chi connectivity index (χ0n) is 11.8. The standard InChI is InChI=1S/2C3H10O3P.2CH3.Pt/c2*1-4-7(5-2)6-3;;;/h2*7H,1-3H3;2*1H3;/q2*+1;2*-1;+2. The molecule has 0 aromatic carbocycles. The summed E-state index contributed by atoms with van der Waals surface area (Å²) in [6.45, 7) is 0. The molecule has 0 amide bonds. The molecule has 0 N–H and O–H groups in total. The Hall–Kier alpha value is 1.31. The second kappa shape index (κ2) is 26.0. The molecular weight excluding hydrogens is 449 g/mol. The summed E-state index contributed by atoms with van der Waals surface area (Å²) >= 11 is 0. The second-order valence-corrected chi connectivity index (χ2v) is 5.17. The minimum Gasteiger partial charge on any atom is -0.358 e. The molecule has 0 fully saturated rings. The van der Waals surface area contributed by atoms with E-state index in [-0.39, 0.29) is 35.9 Å². The Morgan fingerprint density at radius 3 is 0.588 bits per heavy atom. The predicted octanol–water partition coefficient (Wildman–Crippen LogP) is 2.67. The summed E-state index contributed by atoms with van der Waals surface area (Å²) in [6, 6.07) is 0. The van der Waals surface area contributed by atoms with E-state index in [0.717, 1.165) is 0 Å². The van der Waals surface area contributed by atoms with Crippen molar-refractivity contribution >= 4 is 17.2 Å². The van der Waals surface area contributed by atoms with E-state index in [4.69, 9.17) is 27.1 Å². The van der Waals surface area contributed by atoms with Crippen molar-refractivity contribution in [1.29, 1.82) is 0 Å². The van der Waals surface area contributed by atoms with Crippen LogP contribution in [0.1, 0.15) is 0 Å². The van der Waals surface area contributed by atoms with Crippen LogP contribution in [0.4, 0.5) is 0 Å². The van der Waals surface area contributed by atoms with Crippen LogP contribution in [-0.4, -0.2) is 42.7 Å². The molecule has 0 aromatic heterocycles. The molecule has 0 atom stereocenters. The van der Waals surface area contributed by atoms with Gasteiger partial charge in [0.2, 0.25) is 0 Å². The van der Waals surface area contributed by atoms with E-state index >= 15 is 0 Å². The number of hydrogen-bond acceptors (Lipinski definition) is 6. The van der Waals surface area contributed by atoms with E-state index in [1.165, 1.54) is 0 Å². The van der Waals surface area contributed by atoms with Crippen molar-refractivity contribution in [3.05, 3.63) is 14.9 Å². The summed E-state index contributed by atoms with van der Waals surface area (Å²) in [7, 11) is 6.62. The quantitative estimate of drug-likeness (QED) is 0.435. The van der Waals surface area contributed by atoms with Gasteiger partial charge in [-0.05, 0) is 0 Å². The molecule has 0 aliphatic carbocycles. The minimum atomic E-state index is -1.36. The van der Waals surface area contributed by atoms with Crippen molar-refractivity contribution in [3.8, 4) is 0 Å². The zero-order chi connectivity index (χ0) is 11.4. The normalized spacial score (nSPS) is 8.47. The fourth-order valence-corrected chi connectivity index (χ4v) is 1.50. The number of hydrogen-bond donors (Lipinski definition) is 0. The molecule has 0 rings (SSSR count). The van der Waals surface area contributed by atoms with Gasteiger partial charge < -0.3 is 14.9 Å². The fraction of sp³-hybridized carbons (Fsp3) is 0.750. The molecule has 0 saturated heterocycles. The van der Waals surface area contributed by atoms with Crippen molar-refractivity contribution in [2.24, 2.45) is 0 Å². The molecule has 0 bridgehead atoms. The van der Waals surface area contributed by atoms with E-state index < -0.39 is 17.2 Å². The summed E-state index contributed by atoms with van der Waals surface area (Å²) in [5.74, 6) is 0. The molecule has 0 unspecified atom stereocenters. The smallest absolute Gasteiger partial charge is 0.358 e. The van der Waals surface area contributed by atoms with Crippen LogP contribution in [0.25, 0.3) is 0 Å². The molecule has 0 aromatic rings. The van der Waals surface area contributed by atoms with E-state index in [1.807, 2.05) is 0 Å². The van der Waals surface area contributed by atoms with Crippen molar-refractivity contribution < 1.29 is 48.2 Å². The SMILES string of the molecule is CO[PH+](OC)OC.CO[PH+](OC)OC.[CH3-].[CH3-].[Pt+2]. The monoisotopic (exact) mass is 475 g/mol. The van der Waals surface area contributed by atoms with Gasteiger partial charge in [-0.15, -0.1) is 0 Å². The summed E-state index contributed by atoms with van der Waals surface area (Å²) < 4.78 is 28.2. The molecule has 0 saturated carbocycles. The van der Waals surface area contributed by atoms with Crippen LogP contribution in [0.3, 0.4) is 0 Å². The van der Waals surface area contributed by atoms with Gasteiger partial charge in [-0.1, -0.05) is 0 Å². The fourth-order valence-electron chi connectivity index (χ4n) is 0.500. The van der Waals surface area contributed by atoms with Gasteiger partial charge in [0.25, 0.3) is 0 Å². The van der Waals surface area contributed by atoms with Gasteiger partial charge in [-0.25, -0.2) is 0 Å². The zero-order valence-corrected chi connectivity index (χ0v) is 16.0. The van der Waals surface area contributed by atoms with Gasteiger partial charge in [0.1, 0.15) is 0 Å². The maximum absolute atomic E-state index is 4.71. The predicted molar refractivity (Wildman–Crippen MR) is 71.5 cm³/mol. The van der Waals surface area contributed by atoms with Crippen molar-refractivity contribution in [2.45, 2.75) is 0 Å². The van der Waals surface area contributed by atoms with Crippen LogP contribution >= 0.6 is 17.2 Å². The van der Waals surface area contributed by atoms with Gasteiger partial charge in [0, 0.05) is 0 Å². The average Bonchev–Trinajstić information content (AvgIpc) is 2.24. The largest absolute Gasteiger partial charge is 2.00 e. The summed E-state index contributed by atoms with van der Waals surface area (Å²) in [5.41, 5.74) is 0. The van der Waals surface area contributed by atoms with Crippen LogP contribution < -0.4 is 0 Å². The molecule has 17 heavy (non-hydrogen) atoms. The van der Waals surface area contributed by atoms with Crippen molar-refractivity contribution in [3.63, 3.8) is 0 Å². The van der Waals surface area contributed by atoms with E-state index in [0.29, 0.717) is 0 Å². The third kappa shape index (κ3) is 22.9. The van der Waals surface area contributed by atoms with Crippen LogP contribution in [0.2, 0.25) is 0 Å². The molecular formula is C8H26O6P2Pt+2. The van der Waals surface area contributed by atoms with Gasteiger partial charge in [0.15, 0.2) is 0 Å². The third-order valence-electron chi connectivity index (χ3n) is 1.00. The first kappa shape index (κ1) is 31.0. The molecule has 0 spiro atoms. The first-order valence-corrected chi connectivity index (χ1v) is 6.12. The van der Waals surface area contributed by atoms with E-state index in [2.05, 4.69) is 0 Å². The molecule has 0 aliphatic rings. The van der Waals surface area contributed by atoms with Gasteiger partial charge in [-0.2, -0.15) is 27.1 Å². The Kier molecular flexibility index (Phi) is 47.3. The Morgan fingerprint density at radius 1 is 0.471 bits per heavy atom. The Balaban J connectivity index is -0.0000000480. The summed E-state index contributed by atoms with van der Waals surface area (Å²) in [5, 5.41) is 0. The molecule has 0 aliphatic heterocycles. The Labute approximate surface area is 123 Å². The summed E-state index contributed by atoms with van der Waals surface area (Å²) in [6.07, 6.45) is 0. The van der Waals surface area contributed by atoms with Crippen LogP contribution in [0, 0.1) is 14.9 Å². The van der Waals surface area contributed by atoms with Gasteiger partial charge in [-0.3, -0.25) is 0 Å². The van der Waals surface area contributed by atoms with Gasteiger partial charge >= 0.3 is 38.3 Å². The molecule has 0 radical (unpaired) electrons. The number of rotatable bonds is 6. The Bertz CT molecular complexity index is 83.0. The third-order valence-corrected chi connectivity index (χ3v) is 3.00. The van der Waals surface area contributed by atoms with Crippen LogP contribution in [0.5, 0.6) is 0 Å².